The van der Waals surface area contributed by atoms with Gasteiger partial charge in [0.15, 0.2) is 0 Å². The number of aromatic amines is 1. The normalized spacial score (nSPS) is 11.2. The Hall–Kier alpha value is -1.92. The minimum absolute atomic E-state index is 0.381. The number of fused-ring (bicyclic) bond motifs is 1. The van der Waals surface area contributed by atoms with Crippen molar-refractivity contribution >= 4 is 22.6 Å². The fourth-order valence-electron chi connectivity index (χ4n) is 1.79. The molecule has 0 amide bonds. The van der Waals surface area contributed by atoms with Crippen molar-refractivity contribution < 1.29 is 0 Å². The molecule has 0 fully saturated rings. The molecule has 3 rings (SSSR count). The number of nitrogens with two attached hydrogens (primary N) is 1. The lowest BCUT2D eigenvalue weighted by molar-refractivity contribution is 0.630. The van der Waals surface area contributed by atoms with Crippen LogP contribution in [0.15, 0.2) is 24.4 Å². The van der Waals surface area contributed by atoms with Crippen LogP contribution in [0.25, 0.3) is 11.0 Å². The summed E-state index contributed by atoms with van der Waals surface area (Å²) in [6.07, 6.45) is 1.80. The molecule has 1 aromatic carbocycles. The third kappa shape index (κ3) is 1.96. The summed E-state index contributed by atoms with van der Waals surface area (Å²) in [4.78, 5) is 7.63. The molecule has 0 spiro atoms. The topological polar surface area (TPSA) is 85.4 Å². The Morgan fingerprint density at radius 2 is 2.28 bits per heavy atom. The third-order valence-electron chi connectivity index (χ3n) is 2.62. The molecule has 0 saturated heterocycles. The summed E-state index contributed by atoms with van der Waals surface area (Å²) in [6, 6.07) is 5.63. The van der Waals surface area contributed by atoms with Crippen LogP contribution in [0.3, 0.4) is 0 Å². The molecule has 0 saturated carbocycles. The zero-order valence-corrected chi connectivity index (χ0v) is 10.2. The summed E-state index contributed by atoms with van der Waals surface area (Å²) >= 11 is 6.07. The van der Waals surface area contributed by atoms with E-state index in [0.717, 1.165) is 22.6 Å². The molecule has 6 nitrogen and oxygen atoms in total. The van der Waals surface area contributed by atoms with Crippen LogP contribution in [-0.2, 0) is 13.1 Å². The predicted molar refractivity (Wildman–Crippen MR) is 68.1 cm³/mol. The highest BCUT2D eigenvalue weighted by Gasteiger charge is 2.07. The number of H-pyrrole nitrogens is 1. The molecular formula is C11H11ClN6. The fraction of sp³-hybridized carbons (Fsp3) is 0.182. The molecule has 0 unspecified atom stereocenters. The molecule has 0 aliphatic carbocycles. The second kappa shape index (κ2) is 4.40. The first kappa shape index (κ1) is 11.2. The van der Waals surface area contributed by atoms with Gasteiger partial charge in [0.25, 0.3) is 0 Å². The van der Waals surface area contributed by atoms with Crippen molar-refractivity contribution in [1.29, 1.82) is 0 Å². The molecule has 18 heavy (non-hydrogen) atoms. The number of benzene rings is 1. The number of halogens is 1. The Labute approximate surface area is 108 Å². The zero-order valence-electron chi connectivity index (χ0n) is 9.47. The molecule has 0 aliphatic rings. The van der Waals surface area contributed by atoms with Gasteiger partial charge in [0.1, 0.15) is 17.9 Å². The van der Waals surface area contributed by atoms with Gasteiger partial charge in [-0.2, -0.15) is 0 Å². The zero-order chi connectivity index (χ0) is 12.5. The van der Waals surface area contributed by atoms with Gasteiger partial charge in [-0.25, -0.2) is 9.67 Å². The Morgan fingerprint density at radius 3 is 3.00 bits per heavy atom. The number of imidazole rings is 1. The molecular weight excluding hydrogens is 252 g/mol. The second-order valence-corrected chi connectivity index (χ2v) is 4.34. The van der Waals surface area contributed by atoms with Gasteiger partial charge in [0.2, 0.25) is 0 Å². The average Bonchev–Trinajstić information content (AvgIpc) is 2.96. The Kier molecular flexibility index (Phi) is 2.73. The van der Waals surface area contributed by atoms with Gasteiger partial charge in [-0.3, -0.25) is 0 Å². The van der Waals surface area contributed by atoms with Crippen LogP contribution in [0, 0.1) is 0 Å². The number of para-hydroxylation sites is 1. The summed E-state index contributed by atoms with van der Waals surface area (Å²) in [6.45, 7) is 0.893. The van der Waals surface area contributed by atoms with Crippen molar-refractivity contribution in [2.45, 2.75) is 13.1 Å². The standard InChI is InChI=1S/C11H11ClN6/c12-8-2-1-3-9-11(8)15-10(14-9)6-18-5-7(4-13)16-17-18/h1-3,5H,4,6,13H2,(H,14,15). The summed E-state index contributed by atoms with van der Waals surface area (Å²) in [5.41, 5.74) is 7.92. The van der Waals surface area contributed by atoms with Crippen molar-refractivity contribution in [1.82, 2.24) is 25.0 Å². The van der Waals surface area contributed by atoms with Crippen LogP contribution in [0.5, 0.6) is 0 Å². The maximum Gasteiger partial charge on any atom is 0.129 e. The van der Waals surface area contributed by atoms with Gasteiger partial charge >= 0.3 is 0 Å². The molecule has 3 aromatic rings. The minimum atomic E-state index is 0.381. The summed E-state index contributed by atoms with van der Waals surface area (Å²) < 4.78 is 1.69. The molecule has 92 valence electrons. The van der Waals surface area contributed by atoms with Crippen molar-refractivity contribution in [3.05, 3.63) is 40.9 Å². The second-order valence-electron chi connectivity index (χ2n) is 3.93. The van der Waals surface area contributed by atoms with Crippen LogP contribution in [0.1, 0.15) is 11.5 Å². The highest BCUT2D eigenvalue weighted by atomic mass is 35.5. The maximum absolute atomic E-state index is 6.07. The van der Waals surface area contributed by atoms with Crippen LogP contribution >= 0.6 is 11.6 Å². The Bertz CT molecular complexity index is 686. The Balaban J connectivity index is 1.93. The fourth-order valence-corrected chi connectivity index (χ4v) is 2.00. The smallest absolute Gasteiger partial charge is 0.129 e. The third-order valence-corrected chi connectivity index (χ3v) is 2.92. The van der Waals surface area contributed by atoms with E-state index in [1.807, 2.05) is 18.2 Å². The lowest BCUT2D eigenvalue weighted by atomic mass is 10.3. The molecule has 2 aromatic heterocycles. The predicted octanol–water partition coefficient (Wildman–Crippen LogP) is 1.31. The van der Waals surface area contributed by atoms with E-state index in [4.69, 9.17) is 17.3 Å². The van der Waals surface area contributed by atoms with Gasteiger partial charge in [-0.05, 0) is 12.1 Å². The van der Waals surface area contributed by atoms with Crippen LogP contribution in [0.4, 0.5) is 0 Å². The summed E-state index contributed by atoms with van der Waals surface area (Å²) in [5.74, 6) is 0.784. The minimum Gasteiger partial charge on any atom is -0.340 e. The first-order valence-corrected chi connectivity index (χ1v) is 5.86. The highest BCUT2D eigenvalue weighted by Crippen LogP contribution is 2.20. The van der Waals surface area contributed by atoms with E-state index in [9.17, 15) is 0 Å². The molecule has 7 heteroatoms. The lowest BCUT2D eigenvalue weighted by Gasteiger charge is -1.94. The maximum atomic E-state index is 6.07. The average molecular weight is 263 g/mol. The van der Waals surface area contributed by atoms with Gasteiger partial charge in [-0.15, -0.1) is 5.10 Å². The van der Waals surface area contributed by atoms with Crippen LogP contribution < -0.4 is 5.73 Å². The summed E-state index contributed by atoms with van der Waals surface area (Å²) in [5, 5.41) is 8.53. The number of hydrogen-bond acceptors (Lipinski definition) is 4. The van der Waals surface area contributed by atoms with E-state index >= 15 is 0 Å². The monoisotopic (exact) mass is 262 g/mol. The lowest BCUT2D eigenvalue weighted by Crippen LogP contribution is -2.02. The number of aromatic nitrogens is 5. The van der Waals surface area contributed by atoms with E-state index in [-0.39, 0.29) is 0 Å². The van der Waals surface area contributed by atoms with E-state index in [0.29, 0.717) is 18.1 Å². The van der Waals surface area contributed by atoms with E-state index < -0.39 is 0 Å². The van der Waals surface area contributed by atoms with Gasteiger partial charge in [0, 0.05) is 6.54 Å². The van der Waals surface area contributed by atoms with E-state index in [2.05, 4.69) is 20.3 Å². The van der Waals surface area contributed by atoms with Gasteiger partial charge < -0.3 is 10.7 Å². The molecule has 0 radical (unpaired) electrons. The highest BCUT2D eigenvalue weighted by molar-refractivity contribution is 6.34. The van der Waals surface area contributed by atoms with Crippen molar-refractivity contribution in [3.63, 3.8) is 0 Å². The largest absolute Gasteiger partial charge is 0.340 e. The quantitative estimate of drug-likeness (QED) is 0.745. The number of hydrogen-bond donors (Lipinski definition) is 2. The van der Waals surface area contributed by atoms with Crippen molar-refractivity contribution in [2.75, 3.05) is 0 Å². The van der Waals surface area contributed by atoms with Crippen LogP contribution in [0.2, 0.25) is 5.02 Å². The first-order valence-electron chi connectivity index (χ1n) is 5.48. The first-order chi connectivity index (χ1) is 8.76. The van der Waals surface area contributed by atoms with Gasteiger partial charge in [0.05, 0.1) is 22.4 Å². The molecule has 0 atom stereocenters. The van der Waals surface area contributed by atoms with E-state index in [1.54, 1.807) is 10.9 Å². The van der Waals surface area contributed by atoms with E-state index in [1.165, 1.54) is 0 Å². The number of rotatable bonds is 3. The molecule has 0 aliphatic heterocycles. The van der Waals surface area contributed by atoms with Crippen LogP contribution in [-0.4, -0.2) is 25.0 Å². The number of nitrogens with zero attached hydrogens (tertiary/aromatic N) is 4. The molecule has 3 N–H and O–H groups in total. The van der Waals surface area contributed by atoms with Crippen molar-refractivity contribution in [3.8, 4) is 0 Å². The number of nitrogens with one attached hydrogen (secondary N) is 1. The molecule has 0 bridgehead atoms. The van der Waals surface area contributed by atoms with Gasteiger partial charge in [-0.1, -0.05) is 22.9 Å². The SMILES string of the molecule is NCc1cn(Cc2nc3c(Cl)cccc3[nH]2)nn1. The molecule has 2 heterocycles. The summed E-state index contributed by atoms with van der Waals surface area (Å²) in [7, 11) is 0. The van der Waals surface area contributed by atoms with Crippen molar-refractivity contribution in [2.24, 2.45) is 5.73 Å². The Morgan fingerprint density at radius 1 is 1.39 bits per heavy atom.